The van der Waals surface area contributed by atoms with Crippen molar-refractivity contribution in [2.75, 3.05) is 13.6 Å². The molecule has 1 aliphatic rings. The molecule has 1 aliphatic carbocycles. The number of nitrogens with one attached hydrogen (secondary N) is 1. The van der Waals surface area contributed by atoms with Crippen molar-refractivity contribution in [2.45, 2.75) is 56.6 Å². The molecular weight excluding hydrogens is 328 g/mol. The molecular formula is C17H26N2O4S. The molecule has 0 heterocycles. The molecule has 2 N–H and O–H groups in total. The van der Waals surface area contributed by atoms with Crippen molar-refractivity contribution in [3.63, 3.8) is 0 Å². The lowest BCUT2D eigenvalue weighted by Crippen LogP contribution is -2.44. The van der Waals surface area contributed by atoms with E-state index in [0.717, 1.165) is 28.3 Å². The average Bonchev–Trinajstić information content (AvgIpc) is 2.52. The fourth-order valence-corrected chi connectivity index (χ4v) is 4.05. The van der Waals surface area contributed by atoms with E-state index in [4.69, 9.17) is 0 Å². The van der Waals surface area contributed by atoms with Gasteiger partial charge in [0.2, 0.25) is 15.9 Å². The van der Waals surface area contributed by atoms with Crippen molar-refractivity contribution in [3.8, 4) is 0 Å². The first-order valence-electron chi connectivity index (χ1n) is 8.21. The summed E-state index contributed by atoms with van der Waals surface area (Å²) in [5.41, 5.74) is 1.92. The van der Waals surface area contributed by atoms with E-state index in [9.17, 15) is 18.3 Å². The number of carbonyl (C=O) groups is 1. The molecule has 6 nitrogen and oxygen atoms in total. The molecule has 0 aromatic heterocycles. The van der Waals surface area contributed by atoms with Gasteiger partial charge in [-0.15, -0.1) is 0 Å². The third kappa shape index (κ3) is 4.55. The van der Waals surface area contributed by atoms with Gasteiger partial charge in [0.05, 0.1) is 17.5 Å². The molecule has 1 fully saturated rings. The van der Waals surface area contributed by atoms with Crippen molar-refractivity contribution < 1.29 is 18.3 Å². The van der Waals surface area contributed by atoms with E-state index in [-0.39, 0.29) is 29.5 Å². The first-order chi connectivity index (χ1) is 11.2. The number of likely N-dealkylation sites (N-methyl/N-ethyl adjacent to an activating group) is 1. The molecule has 1 aromatic carbocycles. The highest BCUT2D eigenvalue weighted by molar-refractivity contribution is 7.89. The minimum absolute atomic E-state index is 0.0126. The quantitative estimate of drug-likeness (QED) is 0.835. The van der Waals surface area contributed by atoms with Gasteiger partial charge in [-0.05, 0) is 62.8 Å². The normalized spacial score (nSPS) is 21.7. The number of amides is 1. The fourth-order valence-electron chi connectivity index (χ4n) is 2.83. The SMILES string of the molecule is Cc1ccc(S(=O)(=O)N(C)CC(=O)NC2CCC(O)CC2)cc1C. The Labute approximate surface area is 143 Å². The summed E-state index contributed by atoms with van der Waals surface area (Å²) in [7, 11) is -2.28. The van der Waals surface area contributed by atoms with Crippen molar-refractivity contribution in [1.29, 1.82) is 0 Å². The zero-order chi connectivity index (χ0) is 17.9. The third-order valence-electron chi connectivity index (χ3n) is 4.61. The number of rotatable bonds is 5. The van der Waals surface area contributed by atoms with Crippen LogP contribution in [0.15, 0.2) is 23.1 Å². The van der Waals surface area contributed by atoms with Crippen LogP contribution in [0, 0.1) is 13.8 Å². The standard InChI is InChI=1S/C17H26N2O4S/c1-12-4-9-16(10-13(12)2)24(22,23)19(3)11-17(21)18-14-5-7-15(20)8-6-14/h4,9-10,14-15,20H,5-8,11H2,1-3H3,(H,18,21). The lowest BCUT2D eigenvalue weighted by Gasteiger charge is -2.27. The molecule has 24 heavy (non-hydrogen) atoms. The molecule has 134 valence electrons. The van der Waals surface area contributed by atoms with E-state index in [1.165, 1.54) is 7.05 Å². The predicted octanol–water partition coefficient (Wildman–Crippen LogP) is 1.34. The smallest absolute Gasteiger partial charge is 0.243 e. The van der Waals surface area contributed by atoms with Crippen LogP contribution in [0.3, 0.4) is 0 Å². The summed E-state index contributed by atoms with van der Waals surface area (Å²) < 4.78 is 26.2. The van der Waals surface area contributed by atoms with Crippen molar-refractivity contribution in [2.24, 2.45) is 0 Å². The Balaban J connectivity index is 1.98. The molecule has 1 aromatic rings. The number of carbonyl (C=O) groups excluding carboxylic acids is 1. The summed E-state index contributed by atoms with van der Waals surface area (Å²) in [5.74, 6) is -0.314. The van der Waals surface area contributed by atoms with Crippen LogP contribution >= 0.6 is 0 Å². The maximum atomic E-state index is 12.6. The van der Waals surface area contributed by atoms with Gasteiger partial charge < -0.3 is 10.4 Å². The van der Waals surface area contributed by atoms with Gasteiger partial charge in [-0.25, -0.2) is 8.42 Å². The zero-order valence-corrected chi connectivity index (χ0v) is 15.3. The maximum Gasteiger partial charge on any atom is 0.243 e. The average molecular weight is 354 g/mol. The molecule has 0 aliphatic heterocycles. The van der Waals surface area contributed by atoms with E-state index < -0.39 is 10.0 Å². The van der Waals surface area contributed by atoms with E-state index in [0.29, 0.717) is 12.8 Å². The lowest BCUT2D eigenvalue weighted by molar-refractivity contribution is -0.122. The summed E-state index contributed by atoms with van der Waals surface area (Å²) in [6.07, 6.45) is 2.50. The highest BCUT2D eigenvalue weighted by Gasteiger charge is 2.25. The van der Waals surface area contributed by atoms with E-state index in [1.54, 1.807) is 18.2 Å². The van der Waals surface area contributed by atoms with Gasteiger partial charge in [0, 0.05) is 13.1 Å². The topological polar surface area (TPSA) is 86.7 Å². The maximum absolute atomic E-state index is 12.6. The van der Waals surface area contributed by atoms with Crippen LogP contribution < -0.4 is 5.32 Å². The molecule has 2 rings (SSSR count). The Morgan fingerprint density at radius 3 is 2.42 bits per heavy atom. The Morgan fingerprint density at radius 1 is 1.21 bits per heavy atom. The number of aliphatic hydroxyl groups excluding tert-OH is 1. The van der Waals surface area contributed by atoms with Gasteiger partial charge in [0.1, 0.15) is 0 Å². The van der Waals surface area contributed by atoms with E-state index in [1.807, 2.05) is 13.8 Å². The highest BCUT2D eigenvalue weighted by atomic mass is 32.2. The summed E-state index contributed by atoms with van der Waals surface area (Å²) in [6, 6.07) is 4.97. The van der Waals surface area contributed by atoms with Crippen LogP contribution in [0.2, 0.25) is 0 Å². The predicted molar refractivity (Wildman–Crippen MR) is 92.1 cm³/mol. The van der Waals surface area contributed by atoms with Crippen LogP contribution in [0.1, 0.15) is 36.8 Å². The van der Waals surface area contributed by atoms with Gasteiger partial charge >= 0.3 is 0 Å². The van der Waals surface area contributed by atoms with Crippen LogP contribution in [0.25, 0.3) is 0 Å². The van der Waals surface area contributed by atoms with Gasteiger partial charge in [0.15, 0.2) is 0 Å². The molecule has 0 spiro atoms. The molecule has 7 heteroatoms. The number of benzene rings is 1. The number of aliphatic hydroxyl groups is 1. The van der Waals surface area contributed by atoms with Gasteiger partial charge in [-0.2, -0.15) is 4.31 Å². The molecule has 0 radical (unpaired) electrons. The number of nitrogens with zero attached hydrogens (tertiary/aromatic N) is 1. The number of hydrogen-bond acceptors (Lipinski definition) is 4. The molecule has 0 bridgehead atoms. The lowest BCUT2D eigenvalue weighted by atomic mass is 9.93. The van der Waals surface area contributed by atoms with E-state index >= 15 is 0 Å². The van der Waals surface area contributed by atoms with Crippen molar-refractivity contribution in [1.82, 2.24) is 9.62 Å². The van der Waals surface area contributed by atoms with Crippen molar-refractivity contribution in [3.05, 3.63) is 29.3 Å². The number of aryl methyl sites for hydroxylation is 2. The Hall–Kier alpha value is -1.44. The summed E-state index contributed by atoms with van der Waals surface area (Å²) in [5, 5.41) is 12.3. The zero-order valence-electron chi connectivity index (χ0n) is 14.4. The van der Waals surface area contributed by atoms with Gasteiger partial charge in [-0.1, -0.05) is 6.07 Å². The second-order valence-electron chi connectivity index (χ2n) is 6.58. The molecule has 1 saturated carbocycles. The molecule has 0 unspecified atom stereocenters. The first-order valence-corrected chi connectivity index (χ1v) is 9.65. The van der Waals surface area contributed by atoms with Crippen LogP contribution in [0.4, 0.5) is 0 Å². The van der Waals surface area contributed by atoms with Crippen LogP contribution in [-0.2, 0) is 14.8 Å². The summed E-state index contributed by atoms with van der Waals surface area (Å²) in [4.78, 5) is 12.3. The van der Waals surface area contributed by atoms with Gasteiger partial charge in [-0.3, -0.25) is 4.79 Å². The van der Waals surface area contributed by atoms with Crippen molar-refractivity contribution >= 4 is 15.9 Å². The Morgan fingerprint density at radius 2 is 1.83 bits per heavy atom. The number of sulfonamides is 1. The fraction of sp³-hybridized carbons (Fsp3) is 0.588. The summed E-state index contributed by atoms with van der Waals surface area (Å²) in [6.45, 7) is 3.57. The van der Waals surface area contributed by atoms with Crippen LogP contribution in [0.5, 0.6) is 0 Å². The Bertz CT molecular complexity index is 695. The van der Waals surface area contributed by atoms with Crippen LogP contribution in [-0.4, -0.2) is 49.5 Å². The minimum atomic E-state index is -3.69. The molecule has 0 atom stereocenters. The Kier molecular flexibility index (Phi) is 6.01. The first kappa shape index (κ1) is 18.9. The minimum Gasteiger partial charge on any atom is -0.393 e. The highest BCUT2D eigenvalue weighted by Crippen LogP contribution is 2.19. The monoisotopic (exact) mass is 354 g/mol. The second kappa shape index (κ2) is 7.63. The number of hydrogen-bond donors (Lipinski definition) is 2. The molecule has 1 amide bonds. The third-order valence-corrected chi connectivity index (χ3v) is 6.41. The van der Waals surface area contributed by atoms with E-state index in [2.05, 4.69) is 5.32 Å². The second-order valence-corrected chi connectivity index (χ2v) is 8.62. The molecule has 0 saturated heterocycles. The van der Waals surface area contributed by atoms with Gasteiger partial charge in [0.25, 0.3) is 0 Å². The largest absolute Gasteiger partial charge is 0.393 e. The summed E-state index contributed by atoms with van der Waals surface area (Å²) >= 11 is 0.